The molecular formula is C16H17FN4O3S. The maximum absolute atomic E-state index is 13.9. The zero-order valence-electron chi connectivity index (χ0n) is 13.7. The first kappa shape index (κ1) is 17.3. The number of aldehydes is 1. The molecule has 0 radical (unpaired) electrons. The van der Waals surface area contributed by atoms with Crippen molar-refractivity contribution in [2.24, 2.45) is 0 Å². The molecule has 1 saturated carbocycles. The molecule has 7 nitrogen and oxygen atoms in total. The van der Waals surface area contributed by atoms with Crippen molar-refractivity contribution in [1.29, 1.82) is 0 Å². The Hall–Kier alpha value is -2.55. The van der Waals surface area contributed by atoms with Gasteiger partial charge in [0.2, 0.25) is 9.84 Å². The molecule has 3 rings (SSSR count). The Bertz CT molecular complexity index is 929. The summed E-state index contributed by atoms with van der Waals surface area (Å²) in [5, 5.41) is 2.29. The van der Waals surface area contributed by atoms with E-state index in [4.69, 9.17) is 0 Å². The van der Waals surface area contributed by atoms with E-state index in [0.717, 1.165) is 19.1 Å². The fourth-order valence-corrected chi connectivity index (χ4v) is 2.91. The van der Waals surface area contributed by atoms with Gasteiger partial charge in [-0.2, -0.15) is 4.98 Å². The minimum atomic E-state index is -3.71. The number of hydrogen-bond donors (Lipinski definition) is 1. The van der Waals surface area contributed by atoms with Crippen LogP contribution < -0.4 is 10.2 Å². The highest BCUT2D eigenvalue weighted by molar-refractivity contribution is 7.90. The smallest absolute Gasteiger partial charge is 0.250 e. The van der Waals surface area contributed by atoms with Gasteiger partial charge >= 0.3 is 0 Å². The number of sulfone groups is 1. The second-order valence-corrected chi connectivity index (χ2v) is 7.84. The lowest BCUT2D eigenvalue weighted by Crippen LogP contribution is -2.24. The summed E-state index contributed by atoms with van der Waals surface area (Å²) in [5.74, 6) is -0.374. The van der Waals surface area contributed by atoms with Gasteiger partial charge in [0.15, 0.2) is 6.29 Å². The van der Waals surface area contributed by atoms with E-state index in [2.05, 4.69) is 15.3 Å². The van der Waals surface area contributed by atoms with Gasteiger partial charge in [0.1, 0.15) is 17.5 Å². The van der Waals surface area contributed by atoms with Gasteiger partial charge in [-0.3, -0.25) is 4.79 Å². The molecule has 0 aliphatic heterocycles. The van der Waals surface area contributed by atoms with E-state index >= 15 is 0 Å². The lowest BCUT2D eigenvalue weighted by Gasteiger charge is -2.21. The molecular weight excluding hydrogens is 347 g/mol. The number of hydrogen-bond acceptors (Lipinski definition) is 7. The standard InChI is InChI=1S/C16H17FN4O3S/c1-21(10-7-8-10)15-11(9-22)14(19-16(20-15)25(2,23)24)18-13-6-4-3-5-12(13)17/h3-6,9-10H,7-8H2,1-2H3,(H,18,19,20). The Morgan fingerprint density at radius 2 is 1.96 bits per heavy atom. The van der Waals surface area contributed by atoms with Crippen molar-refractivity contribution in [1.82, 2.24) is 9.97 Å². The topological polar surface area (TPSA) is 92.3 Å². The van der Waals surface area contributed by atoms with Crippen LogP contribution in [0.1, 0.15) is 23.2 Å². The molecule has 1 N–H and O–H groups in total. The molecule has 0 atom stereocenters. The average Bonchev–Trinajstić information content (AvgIpc) is 3.39. The largest absolute Gasteiger partial charge is 0.356 e. The Kier molecular flexibility index (Phi) is 4.42. The summed E-state index contributed by atoms with van der Waals surface area (Å²) in [5.41, 5.74) is 0.175. The van der Waals surface area contributed by atoms with Crippen molar-refractivity contribution in [2.45, 2.75) is 24.0 Å². The van der Waals surface area contributed by atoms with Gasteiger partial charge in [-0.15, -0.1) is 0 Å². The highest BCUT2D eigenvalue weighted by Gasteiger charge is 2.31. The second-order valence-electron chi connectivity index (χ2n) is 5.93. The van der Waals surface area contributed by atoms with E-state index in [1.54, 1.807) is 18.0 Å². The van der Waals surface area contributed by atoms with E-state index in [9.17, 15) is 17.6 Å². The van der Waals surface area contributed by atoms with Crippen LogP contribution in [-0.4, -0.2) is 44.0 Å². The van der Waals surface area contributed by atoms with Crippen molar-refractivity contribution < 1.29 is 17.6 Å². The lowest BCUT2D eigenvalue weighted by atomic mass is 10.2. The molecule has 25 heavy (non-hydrogen) atoms. The number of benzene rings is 1. The third kappa shape index (κ3) is 3.60. The van der Waals surface area contributed by atoms with Crippen molar-refractivity contribution in [3.63, 3.8) is 0 Å². The summed E-state index contributed by atoms with van der Waals surface area (Å²) >= 11 is 0. The molecule has 1 fully saturated rings. The number of nitrogens with one attached hydrogen (secondary N) is 1. The van der Waals surface area contributed by atoms with Crippen LogP contribution in [-0.2, 0) is 9.84 Å². The highest BCUT2D eigenvalue weighted by Crippen LogP contribution is 2.34. The fourth-order valence-electron chi connectivity index (χ4n) is 2.40. The maximum atomic E-state index is 13.9. The minimum absolute atomic E-state index is 0.0435. The summed E-state index contributed by atoms with van der Waals surface area (Å²) in [6, 6.07) is 6.05. The van der Waals surface area contributed by atoms with Crippen molar-refractivity contribution in [2.75, 3.05) is 23.5 Å². The molecule has 0 saturated heterocycles. The van der Waals surface area contributed by atoms with Crippen molar-refractivity contribution >= 4 is 33.4 Å². The molecule has 1 heterocycles. The molecule has 0 unspecified atom stereocenters. The highest BCUT2D eigenvalue weighted by atomic mass is 32.2. The molecule has 1 aliphatic carbocycles. The van der Waals surface area contributed by atoms with E-state index in [0.29, 0.717) is 6.29 Å². The summed E-state index contributed by atoms with van der Waals surface area (Å²) in [7, 11) is -1.97. The van der Waals surface area contributed by atoms with Crippen LogP contribution in [0.4, 0.5) is 21.7 Å². The summed E-state index contributed by atoms with van der Waals surface area (Å²) in [6.45, 7) is 0. The van der Waals surface area contributed by atoms with Crippen LogP contribution in [0.5, 0.6) is 0 Å². The zero-order chi connectivity index (χ0) is 18.2. The monoisotopic (exact) mass is 364 g/mol. The van der Waals surface area contributed by atoms with Gasteiger partial charge in [0, 0.05) is 19.3 Å². The minimum Gasteiger partial charge on any atom is -0.356 e. The van der Waals surface area contributed by atoms with E-state index in [1.165, 1.54) is 18.2 Å². The van der Waals surface area contributed by atoms with Gasteiger partial charge in [0.25, 0.3) is 5.16 Å². The number of carbonyl (C=O) groups excluding carboxylic acids is 1. The Morgan fingerprint density at radius 3 is 2.52 bits per heavy atom. The van der Waals surface area contributed by atoms with Crippen LogP contribution in [0, 0.1) is 5.82 Å². The van der Waals surface area contributed by atoms with E-state index in [1.807, 2.05) is 0 Å². The average molecular weight is 364 g/mol. The first-order valence-corrected chi connectivity index (χ1v) is 9.52. The number of carbonyl (C=O) groups is 1. The van der Waals surface area contributed by atoms with E-state index < -0.39 is 20.8 Å². The summed E-state index contributed by atoms with van der Waals surface area (Å²) in [4.78, 5) is 21.4. The van der Waals surface area contributed by atoms with Gasteiger partial charge in [-0.25, -0.2) is 17.8 Å². The second kappa shape index (κ2) is 6.40. The number of anilines is 3. The quantitative estimate of drug-likeness (QED) is 0.620. The van der Waals surface area contributed by atoms with Gasteiger partial charge < -0.3 is 10.2 Å². The van der Waals surface area contributed by atoms with Crippen LogP contribution in [0.25, 0.3) is 0 Å². The number of nitrogens with zero attached hydrogens (tertiary/aromatic N) is 3. The Balaban J connectivity index is 2.16. The first-order chi connectivity index (χ1) is 11.8. The molecule has 1 aliphatic rings. The molecule has 1 aromatic carbocycles. The van der Waals surface area contributed by atoms with Crippen LogP contribution in [0.3, 0.4) is 0 Å². The lowest BCUT2D eigenvalue weighted by molar-refractivity contribution is 0.112. The molecule has 9 heteroatoms. The normalized spacial score (nSPS) is 14.2. The molecule has 132 valence electrons. The number of halogens is 1. The molecule has 2 aromatic rings. The third-order valence-corrected chi connectivity index (χ3v) is 4.76. The van der Waals surface area contributed by atoms with Crippen LogP contribution in [0.15, 0.2) is 29.4 Å². The molecule has 0 bridgehead atoms. The van der Waals surface area contributed by atoms with Crippen LogP contribution >= 0.6 is 0 Å². The summed E-state index contributed by atoms with van der Waals surface area (Å²) < 4.78 is 37.8. The molecule has 0 amide bonds. The van der Waals surface area contributed by atoms with Crippen molar-refractivity contribution in [3.05, 3.63) is 35.6 Å². The number of para-hydroxylation sites is 1. The number of aromatic nitrogens is 2. The van der Waals surface area contributed by atoms with Crippen molar-refractivity contribution in [3.8, 4) is 0 Å². The first-order valence-electron chi connectivity index (χ1n) is 7.63. The molecule has 0 spiro atoms. The summed E-state index contributed by atoms with van der Waals surface area (Å²) in [6.07, 6.45) is 3.40. The van der Waals surface area contributed by atoms with Gasteiger partial charge in [-0.1, -0.05) is 12.1 Å². The Labute approximate surface area is 144 Å². The van der Waals surface area contributed by atoms with E-state index in [-0.39, 0.29) is 28.9 Å². The van der Waals surface area contributed by atoms with Gasteiger partial charge in [0.05, 0.1) is 11.3 Å². The Morgan fingerprint density at radius 1 is 1.28 bits per heavy atom. The third-order valence-electron chi connectivity index (χ3n) is 3.91. The van der Waals surface area contributed by atoms with Gasteiger partial charge in [-0.05, 0) is 25.0 Å². The number of rotatable bonds is 6. The zero-order valence-corrected chi connectivity index (χ0v) is 14.5. The van der Waals surface area contributed by atoms with Crippen LogP contribution in [0.2, 0.25) is 0 Å². The SMILES string of the molecule is CN(c1nc(S(C)(=O)=O)nc(Nc2ccccc2F)c1C=O)C1CC1. The maximum Gasteiger partial charge on any atom is 0.250 e. The molecule has 1 aromatic heterocycles. The predicted molar refractivity (Wildman–Crippen MR) is 91.6 cm³/mol. The predicted octanol–water partition coefficient (Wildman–Crippen LogP) is 2.17. The fraction of sp³-hybridized carbons (Fsp3) is 0.312.